The zero-order valence-corrected chi connectivity index (χ0v) is 16.9. The highest BCUT2D eigenvalue weighted by atomic mass is 16.2. The SMILES string of the molecule is Cc1nc(CN(C)C(=O)c2ccccc2N(C)C(=O)C2CC2)nc2ccccc12. The number of hydrogen-bond acceptors (Lipinski definition) is 4. The summed E-state index contributed by atoms with van der Waals surface area (Å²) in [6, 6.07) is 15.1. The predicted molar refractivity (Wildman–Crippen MR) is 113 cm³/mol. The van der Waals surface area contributed by atoms with Crippen molar-refractivity contribution in [3.8, 4) is 0 Å². The van der Waals surface area contributed by atoms with E-state index in [0.29, 0.717) is 23.6 Å². The maximum atomic E-state index is 13.2. The first-order valence-corrected chi connectivity index (χ1v) is 9.80. The monoisotopic (exact) mass is 388 g/mol. The Balaban J connectivity index is 1.58. The Bertz CT molecular complexity index is 1090. The van der Waals surface area contributed by atoms with Crippen molar-refractivity contribution in [1.82, 2.24) is 14.9 Å². The second kappa shape index (κ2) is 7.62. The number of carbonyl (C=O) groups excluding carboxylic acids is 2. The number of rotatable bonds is 5. The maximum absolute atomic E-state index is 13.2. The van der Waals surface area contributed by atoms with Crippen molar-refractivity contribution in [2.24, 2.45) is 5.92 Å². The van der Waals surface area contributed by atoms with Crippen molar-refractivity contribution < 1.29 is 9.59 Å². The van der Waals surface area contributed by atoms with Crippen LogP contribution in [-0.4, -0.2) is 40.8 Å². The molecule has 0 N–H and O–H groups in total. The molecule has 1 aromatic heterocycles. The van der Waals surface area contributed by atoms with Crippen LogP contribution in [0.4, 0.5) is 5.69 Å². The minimum Gasteiger partial charge on any atom is -0.334 e. The number of benzene rings is 2. The molecule has 1 fully saturated rings. The lowest BCUT2D eigenvalue weighted by Gasteiger charge is -2.23. The number of nitrogens with zero attached hydrogens (tertiary/aromatic N) is 4. The standard InChI is InChI=1S/C23H24N4O2/c1-15-17-8-4-6-10-19(17)25-21(24-15)14-26(2)23(29)18-9-5-7-11-20(18)27(3)22(28)16-12-13-16/h4-11,16H,12-14H2,1-3H3. The van der Waals surface area contributed by atoms with Gasteiger partial charge in [-0.05, 0) is 38.0 Å². The van der Waals surface area contributed by atoms with Gasteiger partial charge in [0.2, 0.25) is 5.91 Å². The molecule has 4 rings (SSSR count). The topological polar surface area (TPSA) is 66.4 Å². The lowest BCUT2D eigenvalue weighted by Crippen LogP contribution is -2.32. The Morgan fingerprint density at radius 1 is 1.00 bits per heavy atom. The third-order valence-corrected chi connectivity index (χ3v) is 5.32. The summed E-state index contributed by atoms with van der Waals surface area (Å²) >= 11 is 0. The quantitative estimate of drug-likeness (QED) is 0.670. The highest BCUT2D eigenvalue weighted by Gasteiger charge is 2.33. The number of hydrogen-bond donors (Lipinski definition) is 0. The van der Waals surface area contributed by atoms with E-state index in [9.17, 15) is 9.59 Å². The molecule has 1 saturated carbocycles. The van der Waals surface area contributed by atoms with E-state index in [-0.39, 0.29) is 17.7 Å². The number of amides is 2. The molecule has 6 nitrogen and oxygen atoms in total. The fraction of sp³-hybridized carbons (Fsp3) is 0.304. The highest BCUT2D eigenvalue weighted by molar-refractivity contribution is 6.05. The van der Waals surface area contributed by atoms with Crippen LogP contribution < -0.4 is 4.90 Å². The molecule has 2 amide bonds. The minimum atomic E-state index is -0.162. The Morgan fingerprint density at radius 2 is 1.69 bits per heavy atom. The fourth-order valence-electron chi connectivity index (χ4n) is 3.53. The predicted octanol–water partition coefficient (Wildman–Crippen LogP) is 3.58. The third-order valence-electron chi connectivity index (χ3n) is 5.32. The second-order valence-electron chi connectivity index (χ2n) is 7.59. The summed E-state index contributed by atoms with van der Waals surface area (Å²) in [6.45, 7) is 2.24. The number of aryl methyl sites for hydroxylation is 1. The van der Waals surface area contributed by atoms with Gasteiger partial charge in [0.05, 0.1) is 23.3 Å². The van der Waals surface area contributed by atoms with Crippen LogP contribution in [0.3, 0.4) is 0 Å². The summed E-state index contributed by atoms with van der Waals surface area (Å²) < 4.78 is 0. The third kappa shape index (κ3) is 3.83. The highest BCUT2D eigenvalue weighted by Crippen LogP contribution is 2.33. The number of fused-ring (bicyclic) bond motifs is 1. The van der Waals surface area contributed by atoms with E-state index < -0.39 is 0 Å². The molecule has 0 unspecified atom stereocenters. The van der Waals surface area contributed by atoms with Gasteiger partial charge in [-0.15, -0.1) is 0 Å². The first-order valence-electron chi connectivity index (χ1n) is 9.80. The van der Waals surface area contributed by atoms with Crippen molar-refractivity contribution in [2.45, 2.75) is 26.3 Å². The van der Waals surface area contributed by atoms with Crippen molar-refractivity contribution in [3.05, 3.63) is 65.6 Å². The van der Waals surface area contributed by atoms with Gasteiger partial charge in [-0.2, -0.15) is 0 Å². The number of carbonyl (C=O) groups is 2. The van der Waals surface area contributed by atoms with Gasteiger partial charge in [-0.3, -0.25) is 9.59 Å². The summed E-state index contributed by atoms with van der Waals surface area (Å²) in [4.78, 5) is 38.0. The Hall–Kier alpha value is -3.28. The van der Waals surface area contributed by atoms with Crippen molar-refractivity contribution in [2.75, 3.05) is 19.0 Å². The number of aromatic nitrogens is 2. The average Bonchev–Trinajstić information content (AvgIpc) is 3.57. The first-order chi connectivity index (χ1) is 14.0. The Kier molecular flexibility index (Phi) is 5.01. The molecule has 0 spiro atoms. The largest absolute Gasteiger partial charge is 0.334 e. The van der Waals surface area contributed by atoms with Crippen LogP contribution in [0.1, 0.15) is 34.7 Å². The number of para-hydroxylation sites is 2. The van der Waals surface area contributed by atoms with Crippen LogP contribution in [0, 0.1) is 12.8 Å². The molecule has 0 aliphatic heterocycles. The van der Waals surface area contributed by atoms with Gasteiger partial charge in [0.25, 0.3) is 5.91 Å². The zero-order valence-electron chi connectivity index (χ0n) is 16.9. The van der Waals surface area contributed by atoms with Gasteiger partial charge in [0.15, 0.2) is 0 Å². The molecule has 3 aromatic rings. The van der Waals surface area contributed by atoms with E-state index >= 15 is 0 Å². The molecule has 0 bridgehead atoms. The lowest BCUT2D eigenvalue weighted by atomic mass is 10.1. The molecule has 1 heterocycles. The summed E-state index contributed by atoms with van der Waals surface area (Å²) in [5, 5.41) is 1.01. The van der Waals surface area contributed by atoms with Crippen LogP contribution in [0.25, 0.3) is 10.9 Å². The molecule has 0 radical (unpaired) electrons. The molecule has 1 aliphatic rings. The zero-order chi connectivity index (χ0) is 20.5. The van der Waals surface area contributed by atoms with Crippen molar-refractivity contribution in [1.29, 1.82) is 0 Å². The van der Waals surface area contributed by atoms with E-state index in [1.165, 1.54) is 0 Å². The normalized spacial score (nSPS) is 13.3. The molecule has 29 heavy (non-hydrogen) atoms. The van der Waals surface area contributed by atoms with Crippen molar-refractivity contribution in [3.63, 3.8) is 0 Å². The average molecular weight is 388 g/mol. The molecule has 2 aromatic carbocycles. The van der Waals surface area contributed by atoms with E-state index in [2.05, 4.69) is 9.97 Å². The van der Waals surface area contributed by atoms with Crippen LogP contribution in [0.2, 0.25) is 0 Å². The Morgan fingerprint density at radius 3 is 2.45 bits per heavy atom. The first kappa shape index (κ1) is 19.1. The number of anilines is 1. The summed E-state index contributed by atoms with van der Waals surface area (Å²) in [5.74, 6) is 0.596. The van der Waals surface area contributed by atoms with Gasteiger partial charge in [-0.1, -0.05) is 30.3 Å². The van der Waals surface area contributed by atoms with Gasteiger partial charge >= 0.3 is 0 Å². The van der Waals surface area contributed by atoms with E-state index in [4.69, 9.17) is 0 Å². The molecular formula is C23H24N4O2. The van der Waals surface area contributed by atoms with E-state index in [1.807, 2.05) is 49.4 Å². The molecule has 1 aliphatic carbocycles. The molecular weight excluding hydrogens is 364 g/mol. The molecule has 148 valence electrons. The smallest absolute Gasteiger partial charge is 0.256 e. The van der Waals surface area contributed by atoms with Gasteiger partial charge in [0.1, 0.15) is 5.82 Å². The molecule has 0 saturated heterocycles. The van der Waals surface area contributed by atoms with Crippen LogP contribution in [0.5, 0.6) is 0 Å². The van der Waals surface area contributed by atoms with Crippen molar-refractivity contribution >= 4 is 28.4 Å². The molecule has 0 atom stereocenters. The maximum Gasteiger partial charge on any atom is 0.256 e. The summed E-state index contributed by atoms with van der Waals surface area (Å²) in [7, 11) is 3.47. The summed E-state index contributed by atoms with van der Waals surface area (Å²) in [5.41, 5.74) is 2.90. The molecule has 6 heteroatoms. The van der Waals surface area contributed by atoms with Gasteiger partial charge < -0.3 is 9.80 Å². The van der Waals surface area contributed by atoms with E-state index in [1.54, 1.807) is 30.0 Å². The second-order valence-corrected chi connectivity index (χ2v) is 7.59. The van der Waals surface area contributed by atoms with Gasteiger partial charge in [0, 0.05) is 31.1 Å². The van der Waals surface area contributed by atoms with E-state index in [0.717, 1.165) is 29.4 Å². The Labute approximate surface area is 170 Å². The lowest BCUT2D eigenvalue weighted by molar-refractivity contribution is -0.119. The summed E-state index contributed by atoms with van der Waals surface area (Å²) in [6.07, 6.45) is 1.86. The van der Waals surface area contributed by atoms with Crippen LogP contribution in [0.15, 0.2) is 48.5 Å². The van der Waals surface area contributed by atoms with Crippen LogP contribution >= 0.6 is 0 Å². The van der Waals surface area contributed by atoms with Gasteiger partial charge in [-0.25, -0.2) is 9.97 Å². The minimum absolute atomic E-state index is 0.0707. The van der Waals surface area contributed by atoms with Crippen LogP contribution in [-0.2, 0) is 11.3 Å². The fourth-order valence-corrected chi connectivity index (χ4v) is 3.53.